The number of aromatic hydroxyl groups is 4. The summed E-state index contributed by atoms with van der Waals surface area (Å²) in [7, 11) is 0. The van der Waals surface area contributed by atoms with E-state index in [1.807, 2.05) is 334 Å². The Kier molecular flexibility index (Phi) is 35.0. The quantitative estimate of drug-likeness (QED) is 0.0518. The van der Waals surface area contributed by atoms with E-state index in [-0.39, 0.29) is 107 Å². The number of phenols is 4. The molecule has 0 bridgehead atoms. The molecule has 24 aromatic rings. The fraction of sp³-hybridized carbons (Fsp3) is 0. The Morgan fingerprint density at radius 3 is 1.01 bits per heavy atom. The fourth-order valence-corrected chi connectivity index (χ4v) is 19.6. The molecule has 148 heavy (non-hydrogen) atoms. The second kappa shape index (κ2) is 49.8. The molecule has 17 nitrogen and oxygen atoms in total. The molecule has 25 heteroatoms. The van der Waals surface area contributed by atoms with E-state index < -0.39 is 0 Å². The van der Waals surface area contributed by atoms with Gasteiger partial charge in [0.15, 0.2) is 17.5 Å². The minimum atomic E-state index is 0. The minimum absolute atomic E-state index is 0. The second-order valence-electron chi connectivity index (χ2n) is 32.8. The molecule has 0 radical (unpaired) electrons. The van der Waals surface area contributed by atoms with Gasteiger partial charge in [-0.05, 0) is 117 Å². The van der Waals surface area contributed by atoms with Gasteiger partial charge in [-0.15, -0.1) is 119 Å². The van der Waals surface area contributed by atoms with Crippen molar-refractivity contribution in [2.75, 3.05) is 0 Å². The molecule has 0 amide bonds. The predicted octanol–water partition coefficient (Wildman–Crippen LogP) is 30.1. The molecule has 0 aliphatic carbocycles. The van der Waals surface area contributed by atoms with Crippen LogP contribution in [-0.4, -0.2) is 85.2 Å². The van der Waals surface area contributed by atoms with Gasteiger partial charge in [-0.3, -0.25) is 34.9 Å². The number of pyridine rings is 4. The third-order valence-electron chi connectivity index (χ3n) is 23.1. The zero-order valence-electron chi connectivity index (χ0n) is 77.8. The van der Waals surface area contributed by atoms with Gasteiger partial charge in [0.1, 0.15) is 33.0 Å². The topological polar surface area (TPSA) is 248 Å². The standard InChI is InChI=1S/3C31H20N3OS.C30H19N4OS.4Pt/c35-28-16-7-6-15-26(28)30-29(22-10-2-1-3-11-22)33-20-27(34-30)23-12-8-13-24(19-23)36-31-25-14-5-4-9-21(25)17-18-32-31;35-29-16-7-6-15-26(29)28-19-27(21-9-2-1-3-10-21)33-31(34-28)23-13-8-14-25(17-23)36-30-18-22-11-4-5-12-24(22)20-32-30;35-29-16-7-6-15-26(29)31-33-27(21-9-2-1-3-10-21)19-28(34-31)23-13-8-14-25(17-23)36-30-18-22-11-4-5-12-24(22)20-32-30;35-26-16-7-6-15-25(26)29-33-27(21-10-2-1-3-11-21)32-28(34-29)22-12-8-13-23(19-22)36-30-24-14-5-4-9-20(24)17-18-31-30;;;;/h1-18,20,35H;2*1-16,18-20,35H;1-18,35H;;;;/q4*-1;;;;. The molecule has 0 spiro atoms. The van der Waals surface area contributed by atoms with E-state index in [1.165, 1.54) is 0 Å². The van der Waals surface area contributed by atoms with Crippen LogP contribution < -0.4 is 0 Å². The first-order chi connectivity index (χ1) is 71.0. The Morgan fingerprint density at radius 2 is 0.534 bits per heavy atom. The van der Waals surface area contributed by atoms with E-state index in [1.54, 1.807) is 108 Å². The van der Waals surface area contributed by atoms with Crippen LogP contribution in [0.5, 0.6) is 23.0 Å². The van der Waals surface area contributed by atoms with Crippen molar-refractivity contribution in [2.45, 2.75) is 39.7 Å². The van der Waals surface area contributed by atoms with Gasteiger partial charge in [0.05, 0.1) is 61.3 Å². The maximum absolute atomic E-state index is 10.6. The Labute approximate surface area is 928 Å². The summed E-state index contributed by atoms with van der Waals surface area (Å²) in [6.07, 6.45) is 9.22. The van der Waals surface area contributed by atoms with E-state index in [2.05, 4.69) is 110 Å². The monoisotopic (exact) mass is 2710 g/mol. The van der Waals surface area contributed by atoms with Crippen molar-refractivity contribution in [2.24, 2.45) is 0 Å². The maximum atomic E-state index is 10.6. The van der Waals surface area contributed by atoms with Crippen LogP contribution in [0.1, 0.15) is 0 Å². The molecule has 0 aliphatic heterocycles. The van der Waals surface area contributed by atoms with Gasteiger partial charge in [-0.1, -0.05) is 340 Å². The van der Waals surface area contributed by atoms with Crippen LogP contribution in [0.3, 0.4) is 0 Å². The summed E-state index contributed by atoms with van der Waals surface area (Å²) in [5.74, 6) is 3.02. The molecular weight excluding hydrogens is 2630 g/mol. The van der Waals surface area contributed by atoms with Crippen molar-refractivity contribution >= 4 is 90.1 Å². The van der Waals surface area contributed by atoms with Gasteiger partial charge in [0.25, 0.3) is 0 Å². The van der Waals surface area contributed by atoms with Crippen molar-refractivity contribution in [3.8, 4) is 159 Å². The Morgan fingerprint density at radius 1 is 0.196 bits per heavy atom. The molecule has 4 N–H and O–H groups in total. The second-order valence-corrected chi connectivity index (χ2v) is 36.9. The van der Waals surface area contributed by atoms with Crippen molar-refractivity contribution < 1.29 is 105 Å². The SMILES string of the molecule is Oc1ccccc1-c1cc(-c2ccccc2)nc(-c2[c-]c(Sc3cc4ccccc4cn3)ccc2)n1.Oc1ccccc1-c1nc(-c2[c-]c(Sc3cc4ccccc4cn3)ccc2)cc(-c2ccccc2)n1.Oc1ccccc1-c1nc(-c2[c-]c(Sc3nccc4ccccc34)ccc2)cnc1-c1ccccc1.Oc1ccccc1-c1nc(-c2[c-]c(Sc3nccc4ccccc34)ccc2)nc(-c2ccccc2)n1.[Pt].[Pt].[Pt].[Pt]. The summed E-state index contributed by atoms with van der Waals surface area (Å²) >= 11 is 6.24. The fourth-order valence-electron chi connectivity index (χ4n) is 16.1. The Hall–Kier alpha value is -15.2. The van der Waals surface area contributed by atoms with Crippen molar-refractivity contribution in [1.82, 2.24) is 64.8 Å². The smallest absolute Gasteiger partial charge is 0.158 e. The van der Waals surface area contributed by atoms with Gasteiger partial charge >= 0.3 is 0 Å². The molecule has 8 aromatic heterocycles. The largest absolute Gasteiger partial charge is 0.507 e. The number of hydrogen-bond donors (Lipinski definition) is 4. The van der Waals surface area contributed by atoms with E-state index in [0.29, 0.717) is 74.2 Å². The molecule has 728 valence electrons. The molecule has 0 saturated heterocycles. The molecular formula is C123H79N13O4Pt4S4-4. The molecule has 0 saturated carbocycles. The van der Waals surface area contributed by atoms with E-state index in [4.69, 9.17) is 39.9 Å². The number of hydrogen-bond acceptors (Lipinski definition) is 21. The number of benzene rings is 16. The van der Waals surface area contributed by atoms with Crippen molar-refractivity contribution in [3.63, 3.8) is 0 Å². The summed E-state index contributed by atoms with van der Waals surface area (Å²) in [6, 6.07) is 151. The van der Waals surface area contributed by atoms with Crippen LogP contribution in [-0.2, 0) is 84.3 Å². The first-order valence-corrected chi connectivity index (χ1v) is 49.2. The van der Waals surface area contributed by atoms with Crippen LogP contribution in [0.15, 0.2) is 495 Å². The van der Waals surface area contributed by atoms with Crippen LogP contribution >= 0.6 is 47.0 Å². The van der Waals surface area contributed by atoms with E-state index in [9.17, 15) is 20.4 Å². The molecule has 0 fully saturated rings. The predicted molar refractivity (Wildman–Crippen MR) is 577 cm³/mol. The van der Waals surface area contributed by atoms with Crippen LogP contribution in [0.4, 0.5) is 0 Å². The normalized spacial score (nSPS) is 10.7. The van der Waals surface area contributed by atoms with Gasteiger partial charge < -0.3 is 20.4 Å². The third-order valence-corrected chi connectivity index (χ3v) is 26.9. The number of fused-ring (bicyclic) bond motifs is 4. The maximum Gasteiger partial charge on any atom is 0.158 e. The number of phenolic OH excluding ortho intramolecular Hbond substituents is 4. The van der Waals surface area contributed by atoms with Gasteiger partial charge in [0, 0.05) is 165 Å². The van der Waals surface area contributed by atoms with Crippen LogP contribution in [0.25, 0.3) is 179 Å². The summed E-state index contributed by atoms with van der Waals surface area (Å²) in [5.41, 5.74) is 14.3. The van der Waals surface area contributed by atoms with E-state index >= 15 is 0 Å². The molecule has 24 rings (SSSR count). The number of para-hydroxylation sites is 4. The number of aromatic nitrogens is 13. The summed E-state index contributed by atoms with van der Waals surface area (Å²) in [4.78, 5) is 65.3. The first-order valence-electron chi connectivity index (χ1n) is 45.9. The number of nitrogens with zero attached hydrogens (tertiary/aromatic N) is 13. The average molecular weight is 2710 g/mol. The molecule has 0 unspecified atom stereocenters. The summed E-state index contributed by atoms with van der Waals surface area (Å²) in [6.45, 7) is 0. The first kappa shape index (κ1) is 104. The summed E-state index contributed by atoms with van der Waals surface area (Å²) < 4.78 is 0. The molecule has 0 atom stereocenters. The van der Waals surface area contributed by atoms with Gasteiger partial charge in [-0.25, -0.2) is 29.9 Å². The molecule has 8 heterocycles. The number of rotatable bonds is 20. The van der Waals surface area contributed by atoms with Crippen LogP contribution in [0.2, 0.25) is 0 Å². The molecule has 16 aromatic carbocycles. The van der Waals surface area contributed by atoms with Gasteiger partial charge in [-0.2, -0.15) is 0 Å². The van der Waals surface area contributed by atoms with E-state index in [0.717, 1.165) is 144 Å². The average Bonchev–Trinajstić information content (AvgIpc) is 0.775. The van der Waals surface area contributed by atoms with Crippen LogP contribution in [0, 0.1) is 24.3 Å². The zero-order valence-corrected chi connectivity index (χ0v) is 90.2. The van der Waals surface area contributed by atoms with Crippen molar-refractivity contribution in [1.29, 1.82) is 0 Å². The zero-order chi connectivity index (χ0) is 97.3. The molecule has 0 aliphatic rings. The summed E-state index contributed by atoms with van der Waals surface area (Å²) in [5, 5.41) is 54.7. The third kappa shape index (κ3) is 25.2. The Balaban J connectivity index is 0.000000133. The minimum Gasteiger partial charge on any atom is -0.507 e. The Bertz CT molecular complexity index is 8520. The van der Waals surface area contributed by atoms with Crippen molar-refractivity contribution in [3.05, 3.63) is 480 Å². The van der Waals surface area contributed by atoms with Gasteiger partial charge in [0.2, 0.25) is 0 Å².